The first-order valence-electron chi connectivity index (χ1n) is 13.4. The van der Waals surface area contributed by atoms with Gasteiger partial charge in [0, 0.05) is 12.0 Å². The van der Waals surface area contributed by atoms with Gasteiger partial charge in [0.05, 0.1) is 0 Å². The molecule has 174 valence electrons. The van der Waals surface area contributed by atoms with Crippen molar-refractivity contribution in [3.8, 4) is 0 Å². The summed E-state index contributed by atoms with van der Waals surface area (Å²) in [6.45, 7) is 4.54. The Kier molecular flexibility index (Phi) is 10.5. The van der Waals surface area contributed by atoms with Gasteiger partial charge in [0.25, 0.3) is 0 Å². The van der Waals surface area contributed by atoms with E-state index in [0.717, 1.165) is 23.5 Å². The Balaban J connectivity index is 1.45. The van der Waals surface area contributed by atoms with Gasteiger partial charge in [0.2, 0.25) is 0 Å². The summed E-state index contributed by atoms with van der Waals surface area (Å²) in [5.41, 5.74) is 4.80. The minimum Gasteiger partial charge on any atom is -0.294 e. The average Bonchev–Trinajstić information content (AvgIpc) is 2.83. The van der Waals surface area contributed by atoms with Crippen LogP contribution in [0.4, 0.5) is 0 Å². The molecule has 0 amide bonds. The lowest BCUT2D eigenvalue weighted by atomic mass is 9.77. The Morgan fingerprint density at radius 1 is 0.719 bits per heavy atom. The number of carbonyl (C=O) groups is 1. The summed E-state index contributed by atoms with van der Waals surface area (Å²) in [4.78, 5) is 12.8. The van der Waals surface area contributed by atoms with Crippen LogP contribution in [0, 0.1) is 5.92 Å². The molecule has 2 aromatic carbocycles. The van der Waals surface area contributed by atoms with Gasteiger partial charge in [0.1, 0.15) is 0 Å². The topological polar surface area (TPSA) is 17.1 Å². The summed E-state index contributed by atoms with van der Waals surface area (Å²) >= 11 is 0. The number of benzene rings is 2. The molecule has 1 fully saturated rings. The fourth-order valence-electron chi connectivity index (χ4n) is 5.28. The Hall–Kier alpha value is -1.89. The largest absolute Gasteiger partial charge is 0.294 e. The van der Waals surface area contributed by atoms with Gasteiger partial charge in [-0.2, -0.15) is 0 Å². The molecule has 0 atom stereocenters. The molecule has 0 spiro atoms. The highest BCUT2D eigenvalue weighted by molar-refractivity contribution is 5.97. The van der Waals surface area contributed by atoms with E-state index in [0.29, 0.717) is 12.3 Å². The van der Waals surface area contributed by atoms with E-state index in [1.807, 2.05) is 0 Å². The van der Waals surface area contributed by atoms with Crippen molar-refractivity contribution in [3.63, 3.8) is 0 Å². The number of aryl methyl sites for hydroxylation is 1. The molecule has 1 nitrogen and oxygen atoms in total. The molecule has 0 unspecified atom stereocenters. The molecule has 1 aliphatic carbocycles. The molecule has 0 heterocycles. The predicted molar refractivity (Wildman–Crippen MR) is 138 cm³/mol. The van der Waals surface area contributed by atoms with Gasteiger partial charge < -0.3 is 0 Å². The van der Waals surface area contributed by atoms with E-state index >= 15 is 0 Å². The number of hydrogen-bond acceptors (Lipinski definition) is 1. The summed E-state index contributed by atoms with van der Waals surface area (Å²) in [5, 5.41) is 0. The molecule has 0 bridgehead atoms. The van der Waals surface area contributed by atoms with E-state index < -0.39 is 0 Å². The van der Waals surface area contributed by atoms with Crippen molar-refractivity contribution in [3.05, 3.63) is 70.8 Å². The molecular formula is C31H44O. The highest BCUT2D eigenvalue weighted by atomic mass is 16.1. The van der Waals surface area contributed by atoms with E-state index in [1.165, 1.54) is 88.2 Å². The zero-order chi connectivity index (χ0) is 22.6. The summed E-state index contributed by atoms with van der Waals surface area (Å²) in [6.07, 6.45) is 17.8. The molecule has 0 saturated heterocycles. The summed E-state index contributed by atoms with van der Waals surface area (Å²) in [6, 6.07) is 17.2. The second kappa shape index (κ2) is 13.6. The van der Waals surface area contributed by atoms with Gasteiger partial charge >= 0.3 is 0 Å². The molecule has 0 aliphatic heterocycles. The van der Waals surface area contributed by atoms with Crippen LogP contribution < -0.4 is 0 Å². The molecule has 1 saturated carbocycles. The molecule has 3 rings (SSSR count). The van der Waals surface area contributed by atoms with Crippen molar-refractivity contribution in [1.82, 2.24) is 0 Å². The van der Waals surface area contributed by atoms with Gasteiger partial charge in [-0.15, -0.1) is 0 Å². The third kappa shape index (κ3) is 7.91. The van der Waals surface area contributed by atoms with Crippen LogP contribution in [0.3, 0.4) is 0 Å². The van der Waals surface area contributed by atoms with Crippen LogP contribution in [0.25, 0.3) is 0 Å². The monoisotopic (exact) mass is 432 g/mol. The number of ketones is 1. The first kappa shape index (κ1) is 24.7. The first-order valence-corrected chi connectivity index (χ1v) is 13.4. The minimum atomic E-state index is 0.229. The van der Waals surface area contributed by atoms with Crippen LogP contribution in [0.15, 0.2) is 48.5 Å². The van der Waals surface area contributed by atoms with Crippen LogP contribution in [-0.4, -0.2) is 5.78 Å². The van der Waals surface area contributed by atoms with Gasteiger partial charge in [-0.1, -0.05) is 107 Å². The number of rotatable bonds is 13. The minimum absolute atomic E-state index is 0.229. The lowest BCUT2D eigenvalue weighted by molar-refractivity contribution is 0.0993. The molecule has 1 heteroatoms. The standard InChI is InChI=1S/C31H44O/c1-3-5-7-9-11-25-12-14-27(15-13-25)24-31(32)30-22-20-29(21-23-30)28-18-16-26(17-19-28)10-8-6-4-2/h12-15,20-23,26,28H,3-11,16-19,24H2,1-2H3/t26-,28-. The Labute approximate surface area is 197 Å². The van der Waals surface area contributed by atoms with Crippen LogP contribution in [0.1, 0.15) is 124 Å². The number of unbranched alkanes of at least 4 members (excludes halogenated alkanes) is 5. The highest BCUT2D eigenvalue weighted by Crippen LogP contribution is 2.37. The molecule has 1 aliphatic rings. The molecule has 0 N–H and O–H groups in total. The van der Waals surface area contributed by atoms with Gasteiger partial charge in [-0.25, -0.2) is 0 Å². The van der Waals surface area contributed by atoms with Gasteiger partial charge in [0.15, 0.2) is 5.78 Å². The lowest BCUT2D eigenvalue weighted by Gasteiger charge is -2.29. The molecule has 32 heavy (non-hydrogen) atoms. The van der Waals surface area contributed by atoms with E-state index in [2.05, 4.69) is 62.4 Å². The second-order valence-electron chi connectivity index (χ2n) is 10.1. The van der Waals surface area contributed by atoms with E-state index in [-0.39, 0.29) is 5.78 Å². The van der Waals surface area contributed by atoms with Crippen molar-refractivity contribution in [2.75, 3.05) is 0 Å². The van der Waals surface area contributed by atoms with E-state index in [9.17, 15) is 4.79 Å². The molecule has 0 aromatic heterocycles. The number of hydrogen-bond donors (Lipinski definition) is 0. The Morgan fingerprint density at radius 3 is 2.00 bits per heavy atom. The van der Waals surface area contributed by atoms with Crippen LogP contribution in [-0.2, 0) is 12.8 Å². The summed E-state index contributed by atoms with van der Waals surface area (Å²) < 4.78 is 0. The van der Waals surface area contributed by atoms with Crippen molar-refractivity contribution in [2.45, 2.75) is 110 Å². The SMILES string of the molecule is CCCCCCc1ccc(CC(=O)c2ccc([C@H]3CC[C@H](CCCCC)CC3)cc2)cc1. The average molecular weight is 433 g/mol. The van der Waals surface area contributed by atoms with Crippen molar-refractivity contribution in [1.29, 1.82) is 0 Å². The third-order valence-electron chi connectivity index (χ3n) is 7.47. The quantitative estimate of drug-likeness (QED) is 0.228. The Morgan fingerprint density at radius 2 is 1.34 bits per heavy atom. The number of Topliss-reactive ketones (excluding diaryl/α,β-unsaturated/α-hetero) is 1. The predicted octanol–water partition coefficient (Wildman–Crippen LogP) is 9.09. The number of carbonyl (C=O) groups excluding carboxylic acids is 1. The maximum atomic E-state index is 12.8. The fourth-order valence-corrected chi connectivity index (χ4v) is 5.28. The van der Waals surface area contributed by atoms with Crippen molar-refractivity contribution in [2.24, 2.45) is 5.92 Å². The van der Waals surface area contributed by atoms with Crippen molar-refractivity contribution < 1.29 is 4.79 Å². The molecule has 2 aromatic rings. The fraction of sp³-hybridized carbons (Fsp3) is 0.581. The zero-order valence-corrected chi connectivity index (χ0v) is 20.6. The van der Waals surface area contributed by atoms with E-state index in [1.54, 1.807) is 0 Å². The van der Waals surface area contributed by atoms with Gasteiger partial charge in [-0.05, 0) is 67.1 Å². The summed E-state index contributed by atoms with van der Waals surface area (Å²) in [7, 11) is 0. The maximum Gasteiger partial charge on any atom is 0.167 e. The van der Waals surface area contributed by atoms with Crippen LogP contribution >= 0.6 is 0 Å². The second-order valence-corrected chi connectivity index (χ2v) is 10.1. The summed E-state index contributed by atoms with van der Waals surface area (Å²) in [5.74, 6) is 1.86. The maximum absolute atomic E-state index is 12.8. The lowest BCUT2D eigenvalue weighted by Crippen LogP contribution is -2.13. The normalized spacial score (nSPS) is 18.6. The van der Waals surface area contributed by atoms with Crippen LogP contribution in [0.2, 0.25) is 0 Å². The Bertz CT molecular complexity index is 778. The van der Waals surface area contributed by atoms with E-state index in [4.69, 9.17) is 0 Å². The molecular weight excluding hydrogens is 388 g/mol. The van der Waals surface area contributed by atoms with Gasteiger partial charge in [-0.3, -0.25) is 4.79 Å². The smallest absolute Gasteiger partial charge is 0.167 e. The zero-order valence-electron chi connectivity index (χ0n) is 20.6. The highest BCUT2D eigenvalue weighted by Gasteiger charge is 2.22. The first-order chi connectivity index (χ1) is 15.7. The van der Waals surface area contributed by atoms with Crippen molar-refractivity contribution >= 4 is 5.78 Å². The third-order valence-corrected chi connectivity index (χ3v) is 7.47. The molecule has 0 radical (unpaired) electrons. The van der Waals surface area contributed by atoms with Crippen LogP contribution in [0.5, 0.6) is 0 Å².